The number of aliphatic imine (C=N–C) groups is 1. The fourth-order valence-electron chi connectivity index (χ4n) is 2.96. The molecule has 0 atom stereocenters. The molecule has 1 aromatic rings. The topological polar surface area (TPSA) is 45.7 Å². The molecule has 1 aliphatic rings. The lowest BCUT2D eigenvalue weighted by atomic mass is 9.85. The normalized spacial score (nSPS) is 18.2. The van der Waals surface area contributed by atoms with E-state index in [4.69, 9.17) is 4.74 Å². The zero-order valence-electron chi connectivity index (χ0n) is 15.4. The van der Waals surface area contributed by atoms with Crippen molar-refractivity contribution in [3.05, 3.63) is 35.9 Å². The van der Waals surface area contributed by atoms with Crippen molar-refractivity contribution in [2.45, 2.75) is 36.9 Å². The van der Waals surface area contributed by atoms with Gasteiger partial charge >= 0.3 is 0 Å². The van der Waals surface area contributed by atoms with E-state index in [0.29, 0.717) is 0 Å². The Morgan fingerprint density at radius 1 is 1.21 bits per heavy atom. The molecular weight excluding hydrogens is 318 g/mol. The van der Waals surface area contributed by atoms with Gasteiger partial charge in [-0.3, -0.25) is 4.99 Å². The Bertz CT molecular complexity index is 525. The molecule has 0 amide bonds. The Morgan fingerprint density at radius 2 is 1.88 bits per heavy atom. The third kappa shape index (κ3) is 5.15. The van der Waals surface area contributed by atoms with E-state index in [2.05, 4.69) is 66.1 Å². The van der Waals surface area contributed by atoms with Crippen LogP contribution in [0, 0.1) is 0 Å². The fourth-order valence-corrected chi connectivity index (χ4v) is 3.75. The standard InChI is InChI=1S/C19H31N3OS/c1-18(2,16-8-6-5-7-9-16)14-21-17(20-3)22-15-19(24-4)10-12-23-13-11-19/h5-9H,10-15H2,1-4H3,(H2,20,21,22). The fraction of sp³-hybridized carbons (Fsp3) is 0.632. The number of thioether (sulfide) groups is 1. The van der Waals surface area contributed by atoms with Crippen LogP contribution in [0.15, 0.2) is 35.3 Å². The zero-order chi connectivity index (χ0) is 17.5. The lowest BCUT2D eigenvalue weighted by Gasteiger charge is -2.36. The molecule has 2 N–H and O–H groups in total. The molecule has 0 unspecified atom stereocenters. The van der Waals surface area contributed by atoms with E-state index >= 15 is 0 Å². The summed E-state index contributed by atoms with van der Waals surface area (Å²) < 4.78 is 5.77. The first-order chi connectivity index (χ1) is 11.5. The maximum atomic E-state index is 5.51. The quantitative estimate of drug-likeness (QED) is 0.612. The van der Waals surface area contributed by atoms with Gasteiger partial charge in [0, 0.05) is 43.5 Å². The molecule has 1 saturated heterocycles. The summed E-state index contributed by atoms with van der Waals surface area (Å²) in [4.78, 5) is 4.39. The van der Waals surface area contributed by atoms with E-state index in [1.807, 2.05) is 18.8 Å². The highest BCUT2D eigenvalue weighted by Gasteiger charge is 2.32. The average Bonchev–Trinajstić information content (AvgIpc) is 2.63. The first kappa shape index (κ1) is 19.1. The Kier molecular flexibility index (Phi) is 6.99. The largest absolute Gasteiger partial charge is 0.381 e. The van der Waals surface area contributed by atoms with Gasteiger partial charge in [0.05, 0.1) is 0 Å². The first-order valence-corrected chi connectivity index (χ1v) is 9.87. The van der Waals surface area contributed by atoms with Crippen molar-refractivity contribution >= 4 is 17.7 Å². The third-order valence-corrected chi connectivity index (χ3v) is 6.31. The zero-order valence-corrected chi connectivity index (χ0v) is 16.2. The molecular formula is C19H31N3OS. The molecule has 1 aromatic carbocycles. The van der Waals surface area contributed by atoms with Gasteiger partial charge in [-0.25, -0.2) is 0 Å². The summed E-state index contributed by atoms with van der Waals surface area (Å²) in [5, 5.41) is 7.00. The second kappa shape index (κ2) is 8.77. The molecule has 24 heavy (non-hydrogen) atoms. The predicted octanol–water partition coefficient (Wildman–Crippen LogP) is 3.04. The summed E-state index contributed by atoms with van der Waals surface area (Å²) in [6.07, 6.45) is 4.38. The Hall–Kier alpha value is -1.20. The van der Waals surface area contributed by atoms with Gasteiger partial charge in [-0.15, -0.1) is 0 Å². The number of rotatable bonds is 6. The summed E-state index contributed by atoms with van der Waals surface area (Å²) in [6, 6.07) is 10.6. The number of nitrogens with one attached hydrogen (secondary N) is 2. The Balaban J connectivity index is 1.88. The smallest absolute Gasteiger partial charge is 0.191 e. The second-order valence-corrected chi connectivity index (χ2v) is 8.30. The van der Waals surface area contributed by atoms with Crippen LogP contribution in [0.25, 0.3) is 0 Å². The van der Waals surface area contributed by atoms with Crippen molar-refractivity contribution in [1.82, 2.24) is 10.6 Å². The highest BCUT2D eigenvalue weighted by atomic mass is 32.2. The lowest BCUT2D eigenvalue weighted by molar-refractivity contribution is 0.0783. The molecule has 0 bridgehead atoms. The third-order valence-electron chi connectivity index (χ3n) is 4.89. The van der Waals surface area contributed by atoms with Crippen molar-refractivity contribution in [2.75, 3.05) is 39.6 Å². The molecule has 0 saturated carbocycles. The van der Waals surface area contributed by atoms with Crippen LogP contribution in [0.1, 0.15) is 32.3 Å². The van der Waals surface area contributed by atoms with Crippen LogP contribution >= 0.6 is 11.8 Å². The highest BCUT2D eigenvalue weighted by Crippen LogP contribution is 2.33. The van der Waals surface area contributed by atoms with E-state index in [0.717, 1.165) is 45.1 Å². The van der Waals surface area contributed by atoms with Crippen LogP contribution in [-0.4, -0.2) is 50.3 Å². The van der Waals surface area contributed by atoms with Gasteiger partial charge in [0.2, 0.25) is 0 Å². The molecule has 1 fully saturated rings. The minimum Gasteiger partial charge on any atom is -0.381 e. The molecule has 0 spiro atoms. The summed E-state index contributed by atoms with van der Waals surface area (Å²) in [6.45, 7) is 7.98. The van der Waals surface area contributed by atoms with Crippen molar-refractivity contribution in [2.24, 2.45) is 4.99 Å². The van der Waals surface area contributed by atoms with Crippen LogP contribution in [0.2, 0.25) is 0 Å². The Labute approximate surface area is 150 Å². The van der Waals surface area contributed by atoms with Gasteiger partial charge in [-0.05, 0) is 24.7 Å². The van der Waals surface area contributed by atoms with Crippen molar-refractivity contribution < 1.29 is 4.74 Å². The van der Waals surface area contributed by atoms with E-state index < -0.39 is 0 Å². The van der Waals surface area contributed by atoms with Gasteiger partial charge in [-0.2, -0.15) is 11.8 Å². The number of benzene rings is 1. The summed E-state index contributed by atoms with van der Waals surface area (Å²) in [7, 11) is 1.83. The maximum Gasteiger partial charge on any atom is 0.191 e. The second-order valence-electron chi connectivity index (χ2n) is 7.03. The minimum atomic E-state index is 0.0503. The molecule has 134 valence electrons. The molecule has 4 nitrogen and oxygen atoms in total. The lowest BCUT2D eigenvalue weighted by Crippen LogP contribution is -2.49. The van der Waals surface area contributed by atoms with E-state index in [1.165, 1.54) is 5.56 Å². The molecule has 1 heterocycles. The molecule has 0 radical (unpaired) electrons. The number of hydrogen-bond donors (Lipinski definition) is 2. The summed E-state index contributed by atoms with van der Waals surface area (Å²) in [5.74, 6) is 0.874. The van der Waals surface area contributed by atoms with Gasteiger partial charge < -0.3 is 15.4 Å². The minimum absolute atomic E-state index is 0.0503. The maximum absolute atomic E-state index is 5.51. The molecule has 5 heteroatoms. The van der Waals surface area contributed by atoms with Crippen LogP contribution < -0.4 is 10.6 Å². The van der Waals surface area contributed by atoms with Crippen LogP contribution in [0.5, 0.6) is 0 Å². The number of hydrogen-bond acceptors (Lipinski definition) is 3. The van der Waals surface area contributed by atoms with Crippen molar-refractivity contribution in [1.29, 1.82) is 0 Å². The van der Waals surface area contributed by atoms with E-state index in [1.54, 1.807) is 0 Å². The monoisotopic (exact) mass is 349 g/mol. The molecule has 2 rings (SSSR count). The molecule has 1 aliphatic heterocycles. The number of ether oxygens (including phenoxy) is 1. The van der Waals surface area contributed by atoms with Crippen LogP contribution in [0.4, 0.5) is 0 Å². The molecule has 0 aromatic heterocycles. The van der Waals surface area contributed by atoms with Crippen LogP contribution in [0.3, 0.4) is 0 Å². The SMILES string of the molecule is CN=C(NCC1(SC)CCOCC1)NCC(C)(C)c1ccccc1. The summed E-state index contributed by atoms with van der Waals surface area (Å²) >= 11 is 1.94. The highest BCUT2D eigenvalue weighted by molar-refractivity contribution is 8.00. The van der Waals surface area contributed by atoms with Gasteiger partial charge in [0.25, 0.3) is 0 Å². The number of guanidine groups is 1. The van der Waals surface area contributed by atoms with Gasteiger partial charge in [-0.1, -0.05) is 44.2 Å². The van der Waals surface area contributed by atoms with Gasteiger partial charge in [0.1, 0.15) is 0 Å². The average molecular weight is 350 g/mol. The molecule has 0 aliphatic carbocycles. The van der Waals surface area contributed by atoms with Crippen molar-refractivity contribution in [3.63, 3.8) is 0 Å². The predicted molar refractivity (Wildman–Crippen MR) is 105 cm³/mol. The van der Waals surface area contributed by atoms with E-state index in [-0.39, 0.29) is 10.2 Å². The Morgan fingerprint density at radius 3 is 2.46 bits per heavy atom. The van der Waals surface area contributed by atoms with E-state index in [9.17, 15) is 0 Å². The number of nitrogens with zero attached hydrogens (tertiary/aromatic N) is 1. The van der Waals surface area contributed by atoms with Gasteiger partial charge in [0.15, 0.2) is 5.96 Å². The van der Waals surface area contributed by atoms with Crippen molar-refractivity contribution in [3.8, 4) is 0 Å². The first-order valence-electron chi connectivity index (χ1n) is 8.64. The summed E-state index contributed by atoms with van der Waals surface area (Å²) in [5.41, 5.74) is 1.38. The van der Waals surface area contributed by atoms with Crippen LogP contribution in [-0.2, 0) is 10.2 Å².